The number of thiazole rings is 1. The number of hydrogen-bond acceptors (Lipinski definition) is 6. The zero-order chi connectivity index (χ0) is 26.9. The van der Waals surface area contributed by atoms with E-state index in [2.05, 4.69) is 24.9 Å². The third-order valence-corrected chi connectivity index (χ3v) is 7.54. The van der Waals surface area contributed by atoms with Crippen molar-refractivity contribution in [3.8, 4) is 5.75 Å². The first-order valence-corrected chi connectivity index (χ1v) is 13.6. The van der Waals surface area contributed by atoms with Gasteiger partial charge in [-0.2, -0.15) is 0 Å². The van der Waals surface area contributed by atoms with Gasteiger partial charge in [0.2, 0.25) is 0 Å². The van der Waals surface area contributed by atoms with Gasteiger partial charge in [0.15, 0.2) is 4.80 Å². The lowest BCUT2D eigenvalue weighted by atomic mass is 9.95. The molecule has 2 aromatic carbocycles. The molecule has 6 nitrogen and oxygen atoms in total. The summed E-state index contributed by atoms with van der Waals surface area (Å²) < 4.78 is 13.3. The van der Waals surface area contributed by atoms with E-state index in [4.69, 9.17) is 21.1 Å². The van der Waals surface area contributed by atoms with Gasteiger partial charge in [-0.05, 0) is 86.2 Å². The van der Waals surface area contributed by atoms with Crippen LogP contribution in [-0.4, -0.2) is 23.8 Å². The maximum absolute atomic E-state index is 13.9. The zero-order valence-corrected chi connectivity index (χ0v) is 23.5. The van der Waals surface area contributed by atoms with Crippen LogP contribution in [0.3, 0.4) is 0 Å². The highest BCUT2D eigenvalue weighted by Crippen LogP contribution is 2.32. The highest BCUT2D eigenvalue weighted by Gasteiger charge is 2.33. The molecule has 0 aliphatic carbocycles. The standard InChI is InChI=1S/C29H31ClN2O4S/c1-7-35-23-13-17(5)20(14-22(23)16(3)4)15-24-27(33)32-26(19-9-11-21(30)12-10-19)25(28(34)36-8-2)18(6)31-29(32)37-24/h9-16,26H,7-8H2,1-6H3/b24-15-/t26-/m0/s1. The number of halogens is 1. The summed E-state index contributed by atoms with van der Waals surface area (Å²) in [5.74, 6) is 0.642. The van der Waals surface area contributed by atoms with Crippen molar-refractivity contribution in [1.29, 1.82) is 0 Å². The molecule has 8 heteroatoms. The van der Waals surface area contributed by atoms with Crippen molar-refractivity contribution < 1.29 is 14.3 Å². The Bertz CT molecular complexity index is 1550. The van der Waals surface area contributed by atoms with Crippen molar-refractivity contribution in [2.75, 3.05) is 13.2 Å². The number of esters is 1. The van der Waals surface area contributed by atoms with Crippen molar-refractivity contribution in [2.45, 2.75) is 53.5 Å². The van der Waals surface area contributed by atoms with Gasteiger partial charge in [0, 0.05) is 5.02 Å². The molecule has 2 heterocycles. The highest BCUT2D eigenvalue weighted by atomic mass is 35.5. The number of carbonyl (C=O) groups is 1. The van der Waals surface area contributed by atoms with Crippen molar-refractivity contribution in [2.24, 2.45) is 4.99 Å². The van der Waals surface area contributed by atoms with E-state index in [0.717, 1.165) is 28.0 Å². The second-order valence-corrected chi connectivity index (χ2v) is 10.6. The van der Waals surface area contributed by atoms with Crippen LogP contribution in [0.4, 0.5) is 0 Å². The number of rotatable bonds is 7. The second-order valence-electron chi connectivity index (χ2n) is 9.19. The molecule has 0 amide bonds. The van der Waals surface area contributed by atoms with E-state index < -0.39 is 12.0 Å². The average molecular weight is 539 g/mol. The summed E-state index contributed by atoms with van der Waals surface area (Å²) in [6.07, 6.45) is 1.91. The number of aromatic nitrogens is 1. The van der Waals surface area contributed by atoms with Crippen LogP contribution in [0.1, 0.15) is 68.8 Å². The van der Waals surface area contributed by atoms with Gasteiger partial charge in [0.25, 0.3) is 5.56 Å². The van der Waals surface area contributed by atoms with Crippen LogP contribution >= 0.6 is 22.9 Å². The second kappa shape index (κ2) is 11.1. The van der Waals surface area contributed by atoms with E-state index >= 15 is 0 Å². The third-order valence-electron chi connectivity index (χ3n) is 6.31. The van der Waals surface area contributed by atoms with Crippen LogP contribution in [-0.2, 0) is 9.53 Å². The summed E-state index contributed by atoms with van der Waals surface area (Å²) in [6.45, 7) is 12.6. The lowest BCUT2D eigenvalue weighted by Crippen LogP contribution is -2.39. The molecule has 3 aromatic rings. The summed E-state index contributed by atoms with van der Waals surface area (Å²) in [6, 6.07) is 10.6. The maximum atomic E-state index is 13.9. The number of carbonyl (C=O) groups excluding carboxylic acids is 1. The summed E-state index contributed by atoms with van der Waals surface area (Å²) in [4.78, 5) is 32.1. The van der Waals surface area contributed by atoms with E-state index in [0.29, 0.717) is 32.2 Å². The molecular formula is C29H31ClN2O4S. The highest BCUT2D eigenvalue weighted by molar-refractivity contribution is 7.07. The smallest absolute Gasteiger partial charge is 0.338 e. The molecule has 194 valence electrons. The van der Waals surface area contributed by atoms with Gasteiger partial charge in [-0.15, -0.1) is 0 Å². The zero-order valence-electron chi connectivity index (χ0n) is 21.9. The van der Waals surface area contributed by atoms with Crippen LogP contribution in [0.2, 0.25) is 5.02 Å². The Morgan fingerprint density at radius 3 is 2.49 bits per heavy atom. The number of aryl methyl sites for hydroxylation is 1. The number of hydrogen-bond donors (Lipinski definition) is 0. The Kier molecular flexibility index (Phi) is 8.05. The molecule has 4 rings (SSSR count). The topological polar surface area (TPSA) is 69.9 Å². The Morgan fingerprint density at radius 2 is 1.86 bits per heavy atom. The predicted octanol–water partition coefficient (Wildman–Crippen LogP) is 5.28. The molecule has 37 heavy (non-hydrogen) atoms. The molecule has 0 N–H and O–H groups in total. The quantitative estimate of drug-likeness (QED) is 0.384. The Labute approximate surface area is 225 Å². The van der Waals surface area contributed by atoms with Gasteiger partial charge in [-0.3, -0.25) is 9.36 Å². The van der Waals surface area contributed by atoms with Crippen LogP contribution in [0.5, 0.6) is 5.75 Å². The number of allylic oxidation sites excluding steroid dienone is 1. The number of ether oxygens (including phenoxy) is 2. The van der Waals surface area contributed by atoms with Crippen molar-refractivity contribution in [3.05, 3.63) is 94.6 Å². The van der Waals surface area contributed by atoms with Gasteiger partial charge in [0.05, 0.1) is 35.1 Å². The van der Waals surface area contributed by atoms with Crippen LogP contribution in [0, 0.1) is 6.92 Å². The fourth-order valence-electron chi connectivity index (χ4n) is 4.50. The normalized spacial score (nSPS) is 15.6. The SMILES string of the molecule is CCOC(=O)C1=C(C)N=c2s/c(=C\c3cc(C(C)C)c(OCC)cc3C)c(=O)n2[C@H]1c1ccc(Cl)cc1. The Hall–Kier alpha value is -3.16. The summed E-state index contributed by atoms with van der Waals surface area (Å²) in [5, 5.41) is 0.571. The molecule has 0 fully saturated rings. The van der Waals surface area contributed by atoms with Crippen LogP contribution in [0.15, 0.2) is 57.5 Å². The molecule has 0 unspecified atom stereocenters. The lowest BCUT2D eigenvalue weighted by Gasteiger charge is -2.24. The fourth-order valence-corrected chi connectivity index (χ4v) is 5.66. The number of fused-ring (bicyclic) bond motifs is 1. The summed E-state index contributed by atoms with van der Waals surface area (Å²) in [5.41, 5.74) is 4.48. The summed E-state index contributed by atoms with van der Waals surface area (Å²) >= 11 is 7.44. The van der Waals surface area contributed by atoms with Crippen LogP contribution < -0.4 is 19.6 Å². The molecular weight excluding hydrogens is 508 g/mol. The first-order chi connectivity index (χ1) is 17.7. The van der Waals surface area contributed by atoms with Gasteiger partial charge in [0.1, 0.15) is 5.75 Å². The average Bonchev–Trinajstić information content (AvgIpc) is 3.14. The van der Waals surface area contributed by atoms with E-state index in [1.807, 2.05) is 38.1 Å². The first-order valence-electron chi connectivity index (χ1n) is 12.4. The van der Waals surface area contributed by atoms with Gasteiger partial charge >= 0.3 is 5.97 Å². The van der Waals surface area contributed by atoms with Crippen molar-refractivity contribution >= 4 is 35.0 Å². The molecule has 0 saturated heterocycles. The van der Waals surface area contributed by atoms with E-state index in [9.17, 15) is 9.59 Å². The minimum atomic E-state index is -0.664. The molecule has 1 aromatic heterocycles. The van der Waals surface area contributed by atoms with Crippen molar-refractivity contribution in [3.63, 3.8) is 0 Å². The fraction of sp³-hybridized carbons (Fsp3) is 0.345. The van der Waals surface area contributed by atoms with E-state index in [1.54, 1.807) is 30.5 Å². The first kappa shape index (κ1) is 26.9. The molecule has 0 radical (unpaired) electrons. The predicted molar refractivity (Wildman–Crippen MR) is 148 cm³/mol. The molecule has 0 spiro atoms. The van der Waals surface area contributed by atoms with Gasteiger partial charge in [-0.1, -0.05) is 48.9 Å². The Morgan fingerprint density at radius 1 is 1.16 bits per heavy atom. The van der Waals surface area contributed by atoms with E-state index in [1.165, 1.54) is 11.3 Å². The lowest BCUT2D eigenvalue weighted by molar-refractivity contribution is -0.139. The minimum Gasteiger partial charge on any atom is -0.494 e. The maximum Gasteiger partial charge on any atom is 0.338 e. The molecule has 0 bridgehead atoms. The number of nitrogens with zero attached hydrogens (tertiary/aromatic N) is 2. The molecule has 1 atom stereocenters. The third kappa shape index (κ3) is 5.29. The van der Waals surface area contributed by atoms with Gasteiger partial charge in [-0.25, -0.2) is 9.79 Å². The molecule has 0 saturated carbocycles. The molecule has 1 aliphatic rings. The van der Waals surface area contributed by atoms with E-state index in [-0.39, 0.29) is 18.1 Å². The van der Waals surface area contributed by atoms with Crippen molar-refractivity contribution in [1.82, 2.24) is 4.57 Å². The molecule has 1 aliphatic heterocycles. The van der Waals surface area contributed by atoms with Crippen LogP contribution in [0.25, 0.3) is 6.08 Å². The largest absolute Gasteiger partial charge is 0.494 e. The van der Waals surface area contributed by atoms with Gasteiger partial charge < -0.3 is 9.47 Å². The number of benzene rings is 2. The minimum absolute atomic E-state index is 0.211. The monoisotopic (exact) mass is 538 g/mol. The Balaban J connectivity index is 1.94. The summed E-state index contributed by atoms with van der Waals surface area (Å²) in [7, 11) is 0.